The van der Waals surface area contributed by atoms with E-state index in [1.54, 1.807) is 6.92 Å². The lowest BCUT2D eigenvalue weighted by atomic mass is 10.2. The summed E-state index contributed by atoms with van der Waals surface area (Å²) in [6.45, 7) is 8.71. The van der Waals surface area contributed by atoms with Crippen molar-refractivity contribution in [2.24, 2.45) is 0 Å². The minimum Gasteiger partial charge on any atom is -0.392 e. The van der Waals surface area contributed by atoms with Gasteiger partial charge in [-0.25, -0.2) is 0 Å². The van der Waals surface area contributed by atoms with Gasteiger partial charge < -0.3 is 10.0 Å². The molecule has 4 nitrogen and oxygen atoms in total. The SMILES string of the molecule is CC(O)CN(CC(=O)N1CCCCCC1)C(C)C. The summed E-state index contributed by atoms with van der Waals surface area (Å²) in [6.07, 6.45) is 4.36. The number of carbonyl (C=O) groups is 1. The van der Waals surface area contributed by atoms with Crippen LogP contribution in [0.1, 0.15) is 46.5 Å². The van der Waals surface area contributed by atoms with Crippen molar-refractivity contribution in [3.63, 3.8) is 0 Å². The van der Waals surface area contributed by atoms with Crippen LogP contribution in [0.15, 0.2) is 0 Å². The first-order valence-corrected chi connectivity index (χ1v) is 7.20. The second-order valence-electron chi connectivity index (χ2n) is 5.67. The molecule has 1 aliphatic heterocycles. The molecule has 0 aromatic heterocycles. The highest BCUT2D eigenvalue weighted by Gasteiger charge is 2.20. The number of carbonyl (C=O) groups excluding carboxylic acids is 1. The van der Waals surface area contributed by atoms with Gasteiger partial charge in [0.15, 0.2) is 0 Å². The molecule has 1 aliphatic rings. The van der Waals surface area contributed by atoms with E-state index in [1.165, 1.54) is 12.8 Å². The molecule has 0 saturated carbocycles. The first kappa shape index (κ1) is 15.4. The Morgan fingerprint density at radius 3 is 2.17 bits per heavy atom. The standard InChI is InChI=1S/C14H28N2O2/c1-12(2)16(10-13(3)17)11-14(18)15-8-6-4-5-7-9-15/h12-13,17H,4-11H2,1-3H3. The number of nitrogens with zero attached hydrogens (tertiary/aromatic N) is 2. The summed E-state index contributed by atoms with van der Waals surface area (Å²) in [6, 6.07) is 0.288. The zero-order chi connectivity index (χ0) is 13.5. The van der Waals surface area contributed by atoms with Crippen LogP contribution >= 0.6 is 0 Å². The Kier molecular flexibility index (Phi) is 6.65. The molecule has 106 valence electrons. The predicted octanol–water partition coefficient (Wildman–Crippen LogP) is 1.48. The largest absolute Gasteiger partial charge is 0.392 e. The third-order valence-electron chi connectivity index (χ3n) is 3.53. The predicted molar refractivity (Wildman–Crippen MR) is 73.4 cm³/mol. The summed E-state index contributed by atoms with van der Waals surface area (Å²) in [5.41, 5.74) is 0. The maximum atomic E-state index is 12.2. The van der Waals surface area contributed by atoms with Gasteiger partial charge in [-0.3, -0.25) is 9.69 Å². The molecule has 18 heavy (non-hydrogen) atoms. The third kappa shape index (κ3) is 5.36. The first-order valence-electron chi connectivity index (χ1n) is 7.20. The van der Waals surface area contributed by atoms with Gasteiger partial charge in [0.2, 0.25) is 5.91 Å². The smallest absolute Gasteiger partial charge is 0.236 e. The van der Waals surface area contributed by atoms with E-state index in [1.807, 2.05) is 4.90 Å². The monoisotopic (exact) mass is 256 g/mol. The van der Waals surface area contributed by atoms with Crippen LogP contribution in [0.4, 0.5) is 0 Å². The minimum absolute atomic E-state index is 0.214. The fraction of sp³-hybridized carbons (Fsp3) is 0.929. The lowest BCUT2D eigenvalue weighted by molar-refractivity contribution is -0.133. The number of likely N-dealkylation sites (tertiary alicyclic amines) is 1. The van der Waals surface area contributed by atoms with Crippen molar-refractivity contribution in [2.75, 3.05) is 26.2 Å². The maximum absolute atomic E-state index is 12.2. The number of aliphatic hydroxyl groups excluding tert-OH is 1. The molecular formula is C14H28N2O2. The molecule has 1 heterocycles. The summed E-state index contributed by atoms with van der Waals surface area (Å²) in [4.78, 5) is 16.3. The average Bonchev–Trinajstić information content (AvgIpc) is 2.55. The Labute approximate surface area is 111 Å². The lowest BCUT2D eigenvalue weighted by Gasteiger charge is -2.30. The van der Waals surface area contributed by atoms with Crippen molar-refractivity contribution in [3.05, 3.63) is 0 Å². The Morgan fingerprint density at radius 1 is 1.17 bits per heavy atom. The zero-order valence-electron chi connectivity index (χ0n) is 12.1. The van der Waals surface area contributed by atoms with E-state index in [2.05, 4.69) is 18.7 Å². The zero-order valence-corrected chi connectivity index (χ0v) is 12.1. The van der Waals surface area contributed by atoms with Crippen molar-refractivity contribution in [3.8, 4) is 0 Å². The molecule has 1 fully saturated rings. The number of aliphatic hydroxyl groups is 1. The van der Waals surface area contributed by atoms with Crippen LogP contribution in [0.5, 0.6) is 0 Å². The van der Waals surface area contributed by atoms with Gasteiger partial charge in [0.25, 0.3) is 0 Å². The van der Waals surface area contributed by atoms with Crippen LogP contribution < -0.4 is 0 Å². The molecule has 0 aliphatic carbocycles. The topological polar surface area (TPSA) is 43.8 Å². The Balaban J connectivity index is 2.48. The molecule has 1 saturated heterocycles. The van der Waals surface area contributed by atoms with Crippen molar-refractivity contribution >= 4 is 5.91 Å². The fourth-order valence-electron chi connectivity index (χ4n) is 2.39. The van der Waals surface area contributed by atoms with E-state index in [-0.39, 0.29) is 18.1 Å². The van der Waals surface area contributed by atoms with Crippen molar-refractivity contribution < 1.29 is 9.90 Å². The minimum atomic E-state index is -0.385. The highest BCUT2D eigenvalue weighted by Crippen LogP contribution is 2.11. The van der Waals surface area contributed by atoms with Gasteiger partial charge in [0.1, 0.15) is 0 Å². The molecule has 1 unspecified atom stereocenters. The quantitative estimate of drug-likeness (QED) is 0.810. The molecule has 1 rings (SSSR count). The Hall–Kier alpha value is -0.610. The van der Waals surface area contributed by atoms with E-state index < -0.39 is 0 Å². The van der Waals surface area contributed by atoms with Crippen LogP contribution in [-0.2, 0) is 4.79 Å². The van der Waals surface area contributed by atoms with Gasteiger partial charge in [-0.1, -0.05) is 12.8 Å². The number of hydrogen-bond acceptors (Lipinski definition) is 3. The molecule has 1 atom stereocenters. The summed E-state index contributed by atoms with van der Waals surface area (Å²) < 4.78 is 0. The fourth-order valence-corrected chi connectivity index (χ4v) is 2.39. The maximum Gasteiger partial charge on any atom is 0.236 e. The van der Waals surface area contributed by atoms with Crippen LogP contribution in [-0.4, -0.2) is 59.1 Å². The van der Waals surface area contributed by atoms with Gasteiger partial charge >= 0.3 is 0 Å². The number of rotatable bonds is 5. The molecule has 0 spiro atoms. The normalized spacial score (nSPS) is 19.1. The summed E-state index contributed by atoms with van der Waals surface area (Å²) in [5, 5.41) is 9.47. The van der Waals surface area contributed by atoms with E-state index >= 15 is 0 Å². The first-order chi connectivity index (χ1) is 8.50. The van der Waals surface area contributed by atoms with Gasteiger partial charge in [-0.2, -0.15) is 0 Å². The molecular weight excluding hydrogens is 228 g/mol. The summed E-state index contributed by atoms with van der Waals surface area (Å²) >= 11 is 0. The van der Waals surface area contributed by atoms with Gasteiger partial charge in [-0.05, 0) is 33.6 Å². The lowest BCUT2D eigenvalue weighted by Crippen LogP contribution is -2.45. The second kappa shape index (κ2) is 7.74. The molecule has 0 bridgehead atoms. The van der Waals surface area contributed by atoms with E-state index in [9.17, 15) is 9.90 Å². The van der Waals surface area contributed by atoms with Gasteiger partial charge in [0.05, 0.1) is 12.6 Å². The third-order valence-corrected chi connectivity index (χ3v) is 3.53. The highest BCUT2D eigenvalue weighted by atomic mass is 16.3. The number of amides is 1. The Morgan fingerprint density at radius 2 is 1.72 bits per heavy atom. The molecule has 0 aromatic carbocycles. The summed E-state index contributed by atoms with van der Waals surface area (Å²) in [5.74, 6) is 0.214. The average molecular weight is 256 g/mol. The molecule has 1 amide bonds. The van der Waals surface area contributed by atoms with Crippen LogP contribution in [0.2, 0.25) is 0 Å². The number of hydrogen-bond donors (Lipinski definition) is 1. The van der Waals surface area contributed by atoms with E-state index in [4.69, 9.17) is 0 Å². The van der Waals surface area contributed by atoms with Crippen LogP contribution in [0.25, 0.3) is 0 Å². The van der Waals surface area contributed by atoms with E-state index in [0.29, 0.717) is 13.1 Å². The van der Waals surface area contributed by atoms with Crippen LogP contribution in [0.3, 0.4) is 0 Å². The van der Waals surface area contributed by atoms with Crippen molar-refractivity contribution in [1.82, 2.24) is 9.80 Å². The molecule has 0 aromatic rings. The van der Waals surface area contributed by atoms with Crippen molar-refractivity contribution in [1.29, 1.82) is 0 Å². The summed E-state index contributed by atoms with van der Waals surface area (Å²) in [7, 11) is 0. The van der Waals surface area contributed by atoms with E-state index in [0.717, 1.165) is 25.9 Å². The van der Waals surface area contributed by atoms with Crippen LogP contribution in [0, 0.1) is 0 Å². The molecule has 4 heteroatoms. The second-order valence-corrected chi connectivity index (χ2v) is 5.67. The van der Waals surface area contributed by atoms with Gasteiger partial charge in [0, 0.05) is 25.7 Å². The van der Waals surface area contributed by atoms with Gasteiger partial charge in [-0.15, -0.1) is 0 Å². The highest BCUT2D eigenvalue weighted by molar-refractivity contribution is 5.78. The van der Waals surface area contributed by atoms with Crippen molar-refractivity contribution in [2.45, 2.75) is 58.6 Å². The molecule has 0 radical (unpaired) electrons. The molecule has 1 N–H and O–H groups in total. The Bertz CT molecular complexity index is 246.